The predicted molar refractivity (Wildman–Crippen MR) is 83.1 cm³/mol. The van der Waals surface area contributed by atoms with Crippen LogP contribution in [0.2, 0.25) is 5.02 Å². The van der Waals surface area contributed by atoms with Crippen LogP contribution >= 0.6 is 27.5 Å². The molecule has 100 valence electrons. The van der Waals surface area contributed by atoms with Crippen LogP contribution in [0.15, 0.2) is 41.1 Å². The summed E-state index contributed by atoms with van der Waals surface area (Å²) in [5, 5.41) is 1.10. The van der Waals surface area contributed by atoms with E-state index in [0.717, 1.165) is 0 Å². The molecule has 0 aliphatic carbocycles. The van der Waals surface area contributed by atoms with Crippen molar-refractivity contribution in [3.63, 3.8) is 0 Å². The summed E-state index contributed by atoms with van der Waals surface area (Å²) >= 11 is 9.52. The Morgan fingerprint density at radius 3 is 2.90 bits per heavy atom. The van der Waals surface area contributed by atoms with E-state index in [1.165, 1.54) is 0 Å². The van der Waals surface area contributed by atoms with Crippen LogP contribution in [0.3, 0.4) is 0 Å². The van der Waals surface area contributed by atoms with Crippen LogP contribution in [0, 0.1) is 0 Å². The molecule has 0 amide bonds. The number of hydrogen-bond acceptors (Lipinski definition) is 3. The predicted octanol–water partition coefficient (Wildman–Crippen LogP) is 3.79. The molecule has 0 aliphatic rings. The smallest absolute Gasteiger partial charge is 0.196 e. The highest BCUT2D eigenvalue weighted by atomic mass is 79.9. The maximum Gasteiger partial charge on any atom is 0.196 e. The topological polar surface area (TPSA) is 71.8 Å². The summed E-state index contributed by atoms with van der Waals surface area (Å²) in [6.45, 7) is 0. The molecule has 0 spiro atoms. The third-order valence-corrected chi connectivity index (χ3v) is 4.01. The number of rotatable bonds is 2. The fourth-order valence-electron chi connectivity index (χ4n) is 2.06. The monoisotopic (exact) mass is 349 g/mol. The Balaban J connectivity index is 2.21. The lowest BCUT2D eigenvalue weighted by Crippen LogP contribution is -2.03. The average Bonchev–Trinajstić information content (AvgIpc) is 2.86. The number of nitrogen functional groups attached to an aromatic ring is 1. The van der Waals surface area contributed by atoms with Crippen molar-refractivity contribution in [3.05, 3.63) is 57.3 Å². The highest BCUT2D eigenvalue weighted by Crippen LogP contribution is 2.29. The number of pyridine rings is 1. The lowest BCUT2D eigenvalue weighted by atomic mass is 10.0. The summed E-state index contributed by atoms with van der Waals surface area (Å²) in [5.41, 5.74) is 7.82. The van der Waals surface area contributed by atoms with Gasteiger partial charge in [-0.1, -0.05) is 27.5 Å². The molecule has 0 unspecified atom stereocenters. The second-order valence-corrected chi connectivity index (χ2v) is 5.55. The van der Waals surface area contributed by atoms with Gasteiger partial charge in [0.25, 0.3) is 0 Å². The molecular formula is C14H9BrClN3O. The summed E-state index contributed by atoms with van der Waals surface area (Å²) in [6.07, 6.45) is 3.20. The van der Waals surface area contributed by atoms with Crippen molar-refractivity contribution < 1.29 is 4.79 Å². The number of hydrogen-bond donors (Lipinski definition) is 2. The second kappa shape index (κ2) is 4.92. The van der Waals surface area contributed by atoms with Gasteiger partial charge >= 0.3 is 0 Å². The summed E-state index contributed by atoms with van der Waals surface area (Å²) in [4.78, 5) is 19.8. The van der Waals surface area contributed by atoms with Gasteiger partial charge in [0.2, 0.25) is 0 Å². The minimum absolute atomic E-state index is 0.162. The van der Waals surface area contributed by atoms with E-state index >= 15 is 0 Å². The first-order valence-corrected chi connectivity index (χ1v) is 6.96. The van der Waals surface area contributed by atoms with Crippen molar-refractivity contribution in [2.75, 3.05) is 5.73 Å². The molecule has 0 fully saturated rings. The third-order valence-electron chi connectivity index (χ3n) is 3.00. The fourth-order valence-corrected chi connectivity index (χ4v) is 2.73. The summed E-state index contributed by atoms with van der Waals surface area (Å²) in [5.74, 6) is -0.162. The fraction of sp³-hybridized carbons (Fsp3) is 0. The van der Waals surface area contributed by atoms with Gasteiger partial charge in [-0.3, -0.25) is 4.79 Å². The van der Waals surface area contributed by atoms with Gasteiger partial charge in [0.05, 0.1) is 10.6 Å². The van der Waals surface area contributed by atoms with Crippen molar-refractivity contribution >= 4 is 50.0 Å². The number of ketones is 1. The Hall–Kier alpha value is -1.85. The average molecular weight is 351 g/mol. The Kier molecular flexibility index (Phi) is 3.23. The number of aromatic amines is 1. The molecular weight excluding hydrogens is 342 g/mol. The molecule has 20 heavy (non-hydrogen) atoms. The first kappa shape index (κ1) is 13.1. The Morgan fingerprint density at radius 2 is 2.10 bits per heavy atom. The molecule has 1 aromatic carbocycles. The molecule has 6 heteroatoms. The molecule has 0 saturated carbocycles. The molecule has 2 heterocycles. The van der Waals surface area contributed by atoms with Crippen LogP contribution in [0.25, 0.3) is 11.0 Å². The maximum absolute atomic E-state index is 12.7. The molecule has 3 aromatic rings. The Bertz CT molecular complexity index is 828. The van der Waals surface area contributed by atoms with E-state index in [9.17, 15) is 4.79 Å². The first-order chi connectivity index (χ1) is 9.58. The number of H-pyrrole nitrogens is 1. The lowest BCUT2D eigenvalue weighted by Gasteiger charge is -2.04. The van der Waals surface area contributed by atoms with Crippen molar-refractivity contribution in [2.45, 2.75) is 0 Å². The first-order valence-electron chi connectivity index (χ1n) is 5.79. The lowest BCUT2D eigenvalue weighted by molar-refractivity contribution is 0.103. The van der Waals surface area contributed by atoms with Crippen molar-refractivity contribution in [1.82, 2.24) is 9.97 Å². The van der Waals surface area contributed by atoms with E-state index in [0.29, 0.717) is 37.3 Å². The summed E-state index contributed by atoms with van der Waals surface area (Å²) in [6, 6.07) is 6.76. The number of nitrogens with two attached hydrogens (primary N) is 1. The van der Waals surface area contributed by atoms with E-state index < -0.39 is 0 Å². The van der Waals surface area contributed by atoms with E-state index in [1.54, 1.807) is 36.7 Å². The number of carbonyl (C=O) groups is 1. The Labute approximate surface area is 128 Å². The van der Waals surface area contributed by atoms with Crippen molar-refractivity contribution in [2.24, 2.45) is 0 Å². The van der Waals surface area contributed by atoms with Gasteiger partial charge in [-0.2, -0.15) is 0 Å². The molecule has 4 nitrogen and oxygen atoms in total. The minimum Gasteiger partial charge on any atom is -0.399 e. The van der Waals surface area contributed by atoms with E-state index in [-0.39, 0.29) is 5.78 Å². The number of nitrogens with zero attached hydrogens (tertiary/aromatic N) is 1. The largest absolute Gasteiger partial charge is 0.399 e. The maximum atomic E-state index is 12.7. The second-order valence-electron chi connectivity index (χ2n) is 4.29. The van der Waals surface area contributed by atoms with Crippen LogP contribution in [0.1, 0.15) is 15.9 Å². The zero-order chi connectivity index (χ0) is 14.3. The molecule has 0 atom stereocenters. The van der Waals surface area contributed by atoms with Gasteiger partial charge in [0, 0.05) is 33.5 Å². The molecule has 0 aliphatic heterocycles. The molecule has 2 aromatic heterocycles. The number of anilines is 1. The van der Waals surface area contributed by atoms with Crippen LogP contribution in [0.5, 0.6) is 0 Å². The van der Waals surface area contributed by atoms with E-state index in [1.807, 2.05) is 0 Å². The van der Waals surface area contributed by atoms with Gasteiger partial charge in [-0.05, 0) is 24.3 Å². The standard InChI is InChI=1S/C14H9BrClN3O/c15-10-2-1-7(17)5-8(10)13(20)9-6-19-14-12(9)11(16)3-4-18-14/h1-6H,17H2,(H,18,19). The van der Waals surface area contributed by atoms with E-state index in [4.69, 9.17) is 17.3 Å². The van der Waals surface area contributed by atoms with Crippen LogP contribution < -0.4 is 5.73 Å². The van der Waals surface area contributed by atoms with E-state index in [2.05, 4.69) is 25.9 Å². The number of halogens is 2. The molecule has 3 rings (SSSR count). The number of fused-ring (bicyclic) bond motifs is 1. The number of benzene rings is 1. The normalized spacial score (nSPS) is 10.9. The summed E-state index contributed by atoms with van der Waals surface area (Å²) in [7, 11) is 0. The molecule has 0 saturated heterocycles. The highest BCUT2D eigenvalue weighted by Gasteiger charge is 2.19. The number of carbonyl (C=O) groups excluding carboxylic acids is 1. The van der Waals surface area contributed by atoms with Gasteiger partial charge in [-0.15, -0.1) is 0 Å². The van der Waals surface area contributed by atoms with Crippen LogP contribution in [-0.4, -0.2) is 15.8 Å². The van der Waals surface area contributed by atoms with Gasteiger partial charge < -0.3 is 10.7 Å². The molecule has 3 N–H and O–H groups in total. The van der Waals surface area contributed by atoms with Gasteiger partial charge in [0.15, 0.2) is 5.78 Å². The third kappa shape index (κ3) is 2.09. The number of aromatic nitrogens is 2. The highest BCUT2D eigenvalue weighted by molar-refractivity contribution is 9.10. The quantitative estimate of drug-likeness (QED) is 0.545. The van der Waals surface area contributed by atoms with Crippen molar-refractivity contribution in [1.29, 1.82) is 0 Å². The van der Waals surface area contributed by atoms with Crippen LogP contribution in [0.4, 0.5) is 5.69 Å². The Morgan fingerprint density at radius 1 is 1.30 bits per heavy atom. The van der Waals surface area contributed by atoms with Gasteiger partial charge in [-0.25, -0.2) is 4.98 Å². The minimum atomic E-state index is -0.162. The zero-order valence-electron chi connectivity index (χ0n) is 10.2. The van der Waals surface area contributed by atoms with Gasteiger partial charge in [0.1, 0.15) is 5.65 Å². The zero-order valence-corrected chi connectivity index (χ0v) is 12.5. The molecule has 0 radical (unpaired) electrons. The SMILES string of the molecule is Nc1ccc(Br)c(C(=O)c2c[nH]c3nccc(Cl)c23)c1. The molecule has 0 bridgehead atoms. The van der Waals surface area contributed by atoms with Crippen LogP contribution in [-0.2, 0) is 0 Å². The summed E-state index contributed by atoms with van der Waals surface area (Å²) < 4.78 is 0.686. The number of nitrogens with one attached hydrogen (secondary N) is 1. The van der Waals surface area contributed by atoms with Crippen molar-refractivity contribution in [3.8, 4) is 0 Å².